The highest BCUT2D eigenvalue weighted by atomic mass is 16.3. The van der Waals surface area contributed by atoms with Gasteiger partial charge in [-0.25, -0.2) is 0 Å². The van der Waals surface area contributed by atoms with Gasteiger partial charge in [0.1, 0.15) is 5.75 Å². The summed E-state index contributed by atoms with van der Waals surface area (Å²) in [5.41, 5.74) is 6.92. The minimum absolute atomic E-state index is 0.0230. The van der Waals surface area contributed by atoms with E-state index in [1.807, 2.05) is 13.0 Å². The first-order valence-electron chi connectivity index (χ1n) is 6.93. The van der Waals surface area contributed by atoms with Gasteiger partial charge in [0.2, 0.25) is 5.91 Å². The van der Waals surface area contributed by atoms with Gasteiger partial charge < -0.3 is 16.2 Å². The maximum atomic E-state index is 12.2. The van der Waals surface area contributed by atoms with Gasteiger partial charge in [-0.15, -0.1) is 0 Å². The van der Waals surface area contributed by atoms with Gasteiger partial charge in [0.05, 0.1) is 12.0 Å². The monoisotopic (exact) mass is 262 g/mol. The van der Waals surface area contributed by atoms with E-state index in [4.69, 9.17) is 5.73 Å². The highest BCUT2D eigenvalue weighted by molar-refractivity contribution is 5.80. The normalized spacial score (nSPS) is 24.7. The van der Waals surface area contributed by atoms with E-state index in [1.165, 1.54) is 0 Å². The summed E-state index contributed by atoms with van der Waals surface area (Å²) in [7, 11) is 0. The lowest BCUT2D eigenvalue weighted by Gasteiger charge is -2.28. The zero-order chi connectivity index (χ0) is 13.8. The van der Waals surface area contributed by atoms with Crippen LogP contribution in [-0.4, -0.2) is 17.1 Å². The van der Waals surface area contributed by atoms with Crippen LogP contribution in [-0.2, 0) is 4.79 Å². The Hall–Kier alpha value is -1.55. The van der Waals surface area contributed by atoms with E-state index in [0.717, 1.165) is 31.2 Å². The number of phenols is 1. The average molecular weight is 262 g/mol. The minimum atomic E-state index is -0.117. The van der Waals surface area contributed by atoms with Gasteiger partial charge in [0.25, 0.3) is 0 Å². The second kappa shape index (κ2) is 6.06. The Morgan fingerprint density at radius 1 is 1.42 bits per heavy atom. The number of nitrogens with one attached hydrogen (secondary N) is 1. The van der Waals surface area contributed by atoms with Crippen LogP contribution in [0, 0.1) is 5.92 Å². The summed E-state index contributed by atoms with van der Waals surface area (Å²) in [6, 6.07) is 6.82. The summed E-state index contributed by atoms with van der Waals surface area (Å²) in [6.45, 7) is 1.92. The van der Waals surface area contributed by atoms with Gasteiger partial charge in [0.15, 0.2) is 0 Å². The molecule has 1 saturated carbocycles. The Balaban J connectivity index is 1.98. The predicted molar refractivity (Wildman–Crippen MR) is 74.6 cm³/mol. The third kappa shape index (κ3) is 3.47. The van der Waals surface area contributed by atoms with E-state index < -0.39 is 0 Å². The van der Waals surface area contributed by atoms with Gasteiger partial charge >= 0.3 is 0 Å². The van der Waals surface area contributed by atoms with Crippen molar-refractivity contribution in [2.24, 2.45) is 11.7 Å². The predicted octanol–water partition coefficient (Wildman–Crippen LogP) is 2.09. The van der Waals surface area contributed by atoms with Crippen molar-refractivity contribution in [1.82, 2.24) is 5.32 Å². The number of carbonyl (C=O) groups excluding carboxylic acids is 1. The highest BCUT2D eigenvalue weighted by Gasteiger charge is 2.28. The fourth-order valence-corrected chi connectivity index (χ4v) is 2.68. The van der Waals surface area contributed by atoms with Gasteiger partial charge in [-0.2, -0.15) is 0 Å². The summed E-state index contributed by atoms with van der Waals surface area (Å²) in [4.78, 5) is 12.2. The van der Waals surface area contributed by atoms with Crippen molar-refractivity contribution in [3.63, 3.8) is 0 Å². The number of phenolic OH excluding ortho intramolecular Hbond substituents is 1. The standard InChI is InChI=1S/C15H22N2O2/c1-10(11-5-4-6-12(18)9-11)17-15(19)13-7-2-3-8-14(13)16/h4-6,9-10,13-14,18H,2-3,7-8,16H2,1H3,(H,17,19). The molecule has 2 rings (SSSR count). The van der Waals surface area contributed by atoms with Crippen molar-refractivity contribution in [2.45, 2.75) is 44.7 Å². The fourth-order valence-electron chi connectivity index (χ4n) is 2.68. The minimum Gasteiger partial charge on any atom is -0.508 e. The number of carbonyl (C=O) groups is 1. The zero-order valence-corrected chi connectivity index (χ0v) is 11.3. The van der Waals surface area contributed by atoms with Crippen molar-refractivity contribution < 1.29 is 9.90 Å². The Bertz CT molecular complexity index is 448. The van der Waals surface area contributed by atoms with Crippen molar-refractivity contribution >= 4 is 5.91 Å². The van der Waals surface area contributed by atoms with Crippen LogP contribution in [0.3, 0.4) is 0 Å². The number of rotatable bonds is 3. The molecule has 0 aromatic heterocycles. The lowest BCUT2D eigenvalue weighted by atomic mass is 9.84. The molecule has 1 aromatic rings. The molecule has 0 spiro atoms. The van der Waals surface area contributed by atoms with E-state index >= 15 is 0 Å². The number of nitrogens with two attached hydrogens (primary N) is 1. The zero-order valence-electron chi connectivity index (χ0n) is 11.3. The Labute approximate surface area is 114 Å². The summed E-state index contributed by atoms with van der Waals surface area (Å²) in [5, 5.41) is 12.4. The quantitative estimate of drug-likeness (QED) is 0.780. The third-order valence-corrected chi connectivity index (χ3v) is 3.89. The van der Waals surface area contributed by atoms with E-state index in [9.17, 15) is 9.90 Å². The van der Waals surface area contributed by atoms with Crippen LogP contribution in [0.15, 0.2) is 24.3 Å². The molecule has 1 aliphatic carbocycles. The first-order valence-corrected chi connectivity index (χ1v) is 6.93. The van der Waals surface area contributed by atoms with Crippen LogP contribution in [0.5, 0.6) is 5.75 Å². The molecule has 19 heavy (non-hydrogen) atoms. The van der Waals surface area contributed by atoms with Gasteiger partial charge in [-0.1, -0.05) is 25.0 Å². The van der Waals surface area contributed by atoms with Crippen LogP contribution >= 0.6 is 0 Å². The topological polar surface area (TPSA) is 75.4 Å². The molecule has 0 heterocycles. The number of hydrogen-bond donors (Lipinski definition) is 3. The average Bonchev–Trinajstić information content (AvgIpc) is 2.39. The molecule has 0 saturated heterocycles. The van der Waals surface area contributed by atoms with Gasteiger partial charge in [-0.3, -0.25) is 4.79 Å². The maximum Gasteiger partial charge on any atom is 0.225 e. The molecule has 4 nitrogen and oxygen atoms in total. The molecule has 0 bridgehead atoms. The molecule has 1 aliphatic rings. The Morgan fingerprint density at radius 3 is 2.84 bits per heavy atom. The number of amides is 1. The molecule has 4 heteroatoms. The number of benzene rings is 1. The lowest BCUT2D eigenvalue weighted by molar-refractivity contribution is -0.127. The van der Waals surface area contributed by atoms with Gasteiger partial charge in [-0.05, 0) is 37.5 Å². The van der Waals surface area contributed by atoms with E-state index in [2.05, 4.69) is 5.32 Å². The van der Waals surface area contributed by atoms with E-state index in [-0.39, 0.29) is 29.7 Å². The number of hydrogen-bond acceptors (Lipinski definition) is 3. The molecular weight excluding hydrogens is 240 g/mol. The SMILES string of the molecule is CC(NC(=O)C1CCCCC1N)c1cccc(O)c1. The molecule has 1 fully saturated rings. The first kappa shape index (κ1) is 13.9. The molecule has 1 amide bonds. The van der Waals surface area contributed by atoms with Crippen LogP contribution < -0.4 is 11.1 Å². The molecular formula is C15H22N2O2. The molecule has 0 aliphatic heterocycles. The van der Waals surface area contributed by atoms with Crippen molar-refractivity contribution in [1.29, 1.82) is 0 Å². The van der Waals surface area contributed by atoms with Crippen molar-refractivity contribution in [3.8, 4) is 5.75 Å². The molecule has 3 atom stereocenters. The summed E-state index contributed by atoms with van der Waals surface area (Å²) < 4.78 is 0. The largest absolute Gasteiger partial charge is 0.508 e. The smallest absolute Gasteiger partial charge is 0.225 e. The molecule has 4 N–H and O–H groups in total. The summed E-state index contributed by atoms with van der Waals surface area (Å²) >= 11 is 0. The van der Waals surface area contributed by atoms with E-state index in [0.29, 0.717) is 0 Å². The lowest BCUT2D eigenvalue weighted by Crippen LogP contribution is -2.44. The number of aromatic hydroxyl groups is 1. The molecule has 3 unspecified atom stereocenters. The second-order valence-electron chi connectivity index (χ2n) is 5.38. The fraction of sp³-hybridized carbons (Fsp3) is 0.533. The Morgan fingerprint density at radius 2 is 2.16 bits per heavy atom. The highest BCUT2D eigenvalue weighted by Crippen LogP contribution is 2.24. The second-order valence-corrected chi connectivity index (χ2v) is 5.38. The summed E-state index contributed by atoms with van der Waals surface area (Å²) in [6.07, 6.45) is 4.00. The van der Waals surface area contributed by atoms with E-state index in [1.54, 1.807) is 18.2 Å². The van der Waals surface area contributed by atoms with Crippen molar-refractivity contribution in [2.75, 3.05) is 0 Å². The van der Waals surface area contributed by atoms with Crippen LogP contribution in [0.25, 0.3) is 0 Å². The molecule has 0 radical (unpaired) electrons. The first-order chi connectivity index (χ1) is 9.08. The van der Waals surface area contributed by atoms with Crippen LogP contribution in [0.4, 0.5) is 0 Å². The molecule has 1 aromatic carbocycles. The van der Waals surface area contributed by atoms with Gasteiger partial charge in [0, 0.05) is 6.04 Å². The van der Waals surface area contributed by atoms with Crippen LogP contribution in [0.1, 0.15) is 44.2 Å². The maximum absolute atomic E-state index is 12.2. The van der Waals surface area contributed by atoms with Crippen molar-refractivity contribution in [3.05, 3.63) is 29.8 Å². The third-order valence-electron chi connectivity index (χ3n) is 3.89. The Kier molecular flexibility index (Phi) is 4.43. The van der Waals surface area contributed by atoms with Crippen LogP contribution in [0.2, 0.25) is 0 Å². The summed E-state index contributed by atoms with van der Waals surface area (Å²) in [5.74, 6) is 0.171. The molecule has 104 valence electrons.